The lowest BCUT2D eigenvalue weighted by Crippen LogP contribution is -2.50. The Morgan fingerprint density at radius 3 is 2.71 bits per heavy atom. The lowest BCUT2D eigenvalue weighted by Gasteiger charge is -2.43. The summed E-state index contributed by atoms with van der Waals surface area (Å²) in [6.45, 7) is 8.13. The average molecular weight is 351 g/mol. The molecule has 24 heavy (non-hydrogen) atoms. The van der Waals surface area contributed by atoms with Crippen LogP contribution in [0.15, 0.2) is 29.2 Å². The molecule has 6 heteroatoms. The standard InChI is InChI=1S/C18H25NO4S/c1-17(2)18(3,4)23-24(12-22-17)15-7-5-6-14(10-15)21-11-16(20)19-13-8-9-13/h5-7,10,12-13H,8-9,11H2,1-4H3,(H,19,20). The highest BCUT2D eigenvalue weighted by Crippen LogP contribution is 2.43. The lowest BCUT2D eigenvalue weighted by molar-refractivity contribution is -0.123. The molecule has 1 saturated carbocycles. The number of nitrogens with one attached hydrogen (secondary N) is 1. The van der Waals surface area contributed by atoms with Gasteiger partial charge in [0.15, 0.2) is 6.61 Å². The molecule has 3 rings (SSSR count). The molecule has 1 N–H and O–H groups in total. The number of amides is 1. The van der Waals surface area contributed by atoms with Crippen LogP contribution in [-0.4, -0.2) is 35.3 Å². The fourth-order valence-corrected chi connectivity index (χ4v) is 3.76. The minimum atomic E-state index is -0.576. The van der Waals surface area contributed by atoms with E-state index in [2.05, 4.69) is 5.32 Å². The SMILES string of the molecule is CC1(C)OC=S(c2cccc(OCC(=O)NC3CC3)c2)OC1(C)C. The number of carbonyl (C=O) groups is 1. The quantitative estimate of drug-likeness (QED) is 0.828. The van der Waals surface area contributed by atoms with Crippen molar-refractivity contribution in [2.24, 2.45) is 0 Å². The van der Waals surface area contributed by atoms with Gasteiger partial charge in [-0.15, -0.1) is 0 Å². The fourth-order valence-electron chi connectivity index (χ4n) is 2.09. The average Bonchev–Trinajstić information content (AvgIpc) is 3.32. The highest BCUT2D eigenvalue weighted by atomic mass is 32.2. The van der Waals surface area contributed by atoms with Crippen molar-refractivity contribution in [1.29, 1.82) is 0 Å². The van der Waals surface area contributed by atoms with E-state index in [1.807, 2.05) is 52.0 Å². The predicted molar refractivity (Wildman–Crippen MR) is 95.4 cm³/mol. The Bertz CT molecular complexity index is 665. The molecule has 1 aliphatic heterocycles. The van der Waals surface area contributed by atoms with Gasteiger partial charge in [0.25, 0.3) is 5.91 Å². The van der Waals surface area contributed by atoms with Gasteiger partial charge in [0, 0.05) is 10.9 Å². The number of rotatable bonds is 5. The summed E-state index contributed by atoms with van der Waals surface area (Å²) in [4.78, 5) is 12.7. The molecule has 0 radical (unpaired) electrons. The van der Waals surface area contributed by atoms with E-state index in [4.69, 9.17) is 13.7 Å². The number of hydrogen-bond acceptors (Lipinski definition) is 4. The van der Waals surface area contributed by atoms with E-state index in [-0.39, 0.29) is 18.1 Å². The molecule has 1 atom stereocenters. The minimum absolute atomic E-state index is 0.0350. The first-order valence-corrected chi connectivity index (χ1v) is 9.44. The highest BCUT2D eigenvalue weighted by Gasteiger charge is 2.43. The Balaban J connectivity index is 1.66. The molecule has 5 nitrogen and oxygen atoms in total. The summed E-state index contributed by atoms with van der Waals surface area (Å²) in [7, 11) is -0.576. The molecule has 0 aromatic heterocycles. The van der Waals surface area contributed by atoms with Crippen LogP contribution in [0.5, 0.6) is 5.75 Å². The van der Waals surface area contributed by atoms with Crippen LogP contribution >= 0.6 is 10.8 Å². The predicted octanol–water partition coefficient (Wildman–Crippen LogP) is 3.25. The molecule has 1 unspecified atom stereocenters. The molecule has 1 aliphatic carbocycles. The summed E-state index contributed by atoms with van der Waals surface area (Å²) in [5.74, 6) is 0.586. The van der Waals surface area contributed by atoms with Crippen molar-refractivity contribution in [3.05, 3.63) is 24.3 Å². The van der Waals surface area contributed by atoms with E-state index in [1.165, 1.54) is 0 Å². The van der Waals surface area contributed by atoms with Crippen LogP contribution in [0.25, 0.3) is 0 Å². The number of carbonyl (C=O) groups excluding carboxylic acids is 1. The summed E-state index contributed by atoms with van der Waals surface area (Å²) in [6.07, 6.45) is 2.15. The van der Waals surface area contributed by atoms with E-state index < -0.39 is 16.4 Å². The van der Waals surface area contributed by atoms with Crippen LogP contribution in [0.4, 0.5) is 0 Å². The number of hydrogen-bond donors (Lipinski definition) is 1. The van der Waals surface area contributed by atoms with E-state index in [1.54, 1.807) is 5.55 Å². The van der Waals surface area contributed by atoms with Crippen molar-refractivity contribution >= 4 is 22.2 Å². The maximum Gasteiger partial charge on any atom is 0.258 e. The Morgan fingerprint density at radius 2 is 2.04 bits per heavy atom. The van der Waals surface area contributed by atoms with E-state index in [9.17, 15) is 4.79 Å². The summed E-state index contributed by atoms with van der Waals surface area (Å²) in [5, 5.41) is 2.91. The van der Waals surface area contributed by atoms with Crippen LogP contribution in [0, 0.1) is 0 Å². The second kappa shape index (κ2) is 6.50. The van der Waals surface area contributed by atoms with Crippen molar-refractivity contribution in [3.63, 3.8) is 0 Å². The van der Waals surface area contributed by atoms with Crippen LogP contribution in [0.1, 0.15) is 40.5 Å². The minimum Gasteiger partial charge on any atom is -0.484 e. The smallest absolute Gasteiger partial charge is 0.258 e. The molecule has 0 bridgehead atoms. The van der Waals surface area contributed by atoms with Gasteiger partial charge in [-0.2, -0.15) is 0 Å². The Morgan fingerprint density at radius 1 is 1.29 bits per heavy atom. The Labute approximate surface area is 145 Å². The van der Waals surface area contributed by atoms with Gasteiger partial charge in [-0.1, -0.05) is 6.07 Å². The molecule has 1 aromatic rings. The third-order valence-electron chi connectivity index (χ3n) is 4.53. The maximum absolute atomic E-state index is 11.7. The van der Waals surface area contributed by atoms with Gasteiger partial charge >= 0.3 is 0 Å². The van der Waals surface area contributed by atoms with E-state index >= 15 is 0 Å². The molecule has 1 heterocycles. The summed E-state index contributed by atoms with van der Waals surface area (Å²) in [5.41, 5.74) is 0.960. The second-order valence-electron chi connectivity index (χ2n) is 7.22. The first-order chi connectivity index (χ1) is 11.3. The highest BCUT2D eigenvalue weighted by molar-refractivity contribution is 8.10. The van der Waals surface area contributed by atoms with Gasteiger partial charge < -0.3 is 19.0 Å². The van der Waals surface area contributed by atoms with Crippen LogP contribution in [0.3, 0.4) is 0 Å². The zero-order chi connectivity index (χ0) is 17.4. The van der Waals surface area contributed by atoms with Crippen LogP contribution in [-0.2, 0) is 13.7 Å². The lowest BCUT2D eigenvalue weighted by atomic mass is 9.90. The zero-order valence-corrected chi connectivity index (χ0v) is 15.4. The van der Waals surface area contributed by atoms with Crippen molar-refractivity contribution in [2.45, 2.75) is 62.7 Å². The summed E-state index contributed by atoms with van der Waals surface area (Å²) < 4.78 is 17.7. The number of benzene rings is 1. The van der Waals surface area contributed by atoms with E-state index in [0.717, 1.165) is 17.7 Å². The van der Waals surface area contributed by atoms with Crippen molar-refractivity contribution in [2.75, 3.05) is 6.61 Å². The number of ether oxygens (including phenoxy) is 2. The fraction of sp³-hybridized carbons (Fsp3) is 0.556. The molecular formula is C18H25NO4S. The van der Waals surface area contributed by atoms with Gasteiger partial charge in [0.1, 0.15) is 11.4 Å². The van der Waals surface area contributed by atoms with Gasteiger partial charge in [-0.25, -0.2) is 0 Å². The maximum atomic E-state index is 11.7. The molecular weight excluding hydrogens is 326 g/mol. The third kappa shape index (κ3) is 3.99. The van der Waals surface area contributed by atoms with Crippen LogP contribution < -0.4 is 10.1 Å². The van der Waals surface area contributed by atoms with Gasteiger partial charge in [-0.05, 0) is 69.5 Å². The van der Waals surface area contributed by atoms with Gasteiger partial charge in [0.05, 0.1) is 11.2 Å². The second-order valence-corrected chi connectivity index (χ2v) is 8.65. The monoisotopic (exact) mass is 351 g/mol. The summed E-state index contributed by atoms with van der Waals surface area (Å²) >= 11 is 0. The summed E-state index contributed by atoms with van der Waals surface area (Å²) in [6, 6.07) is 7.98. The topological polar surface area (TPSA) is 56.8 Å². The normalized spacial score (nSPS) is 24.8. The largest absolute Gasteiger partial charge is 0.484 e. The molecule has 132 valence electrons. The molecule has 0 saturated heterocycles. The zero-order valence-electron chi connectivity index (χ0n) is 14.6. The Hall–Kier alpha value is -1.37. The molecule has 1 aromatic carbocycles. The molecule has 1 fully saturated rings. The van der Waals surface area contributed by atoms with Gasteiger partial charge in [-0.3, -0.25) is 4.79 Å². The molecule has 2 aliphatic rings. The first kappa shape index (κ1) is 17.5. The first-order valence-electron chi connectivity index (χ1n) is 8.23. The molecule has 0 spiro atoms. The molecule has 1 amide bonds. The Kier molecular flexibility index (Phi) is 4.73. The third-order valence-corrected chi connectivity index (χ3v) is 6.11. The van der Waals surface area contributed by atoms with Crippen molar-refractivity contribution < 1.29 is 18.5 Å². The van der Waals surface area contributed by atoms with Crippen molar-refractivity contribution in [1.82, 2.24) is 5.32 Å². The van der Waals surface area contributed by atoms with Gasteiger partial charge in [0.2, 0.25) is 0 Å². The van der Waals surface area contributed by atoms with Crippen LogP contribution in [0.2, 0.25) is 0 Å². The van der Waals surface area contributed by atoms with Crippen molar-refractivity contribution in [3.8, 4) is 5.75 Å². The van der Waals surface area contributed by atoms with E-state index in [0.29, 0.717) is 11.8 Å².